The van der Waals surface area contributed by atoms with Crippen molar-refractivity contribution in [3.05, 3.63) is 53.1 Å². The van der Waals surface area contributed by atoms with Crippen LogP contribution in [0, 0.1) is 0 Å². The molecule has 0 N–H and O–H groups in total. The van der Waals surface area contributed by atoms with Gasteiger partial charge in [0.1, 0.15) is 0 Å². The molecule has 0 bridgehead atoms. The minimum Gasteiger partial charge on any atom is -0.493 e. The Morgan fingerprint density at radius 3 is 2.47 bits per heavy atom. The molecule has 1 atom stereocenters. The molecule has 8 heteroatoms. The molecular weight excluding hydrogens is 422 g/mol. The van der Waals surface area contributed by atoms with E-state index >= 15 is 0 Å². The minimum atomic E-state index is -2.95. The standard InChI is InChI=1S/C22H25NO5S2/c1-27-19-11-15-7-9-23(13-16(15)12-20(19)28-2)22(24)18-5-3-4-6-21(18)29-17-8-10-30(25,26)14-17/h3-6,11-12,17H,7-10,13-14H2,1-2H3/t17-/m0/s1. The Morgan fingerprint density at radius 2 is 1.80 bits per heavy atom. The highest BCUT2D eigenvalue weighted by molar-refractivity contribution is 8.02. The van der Waals surface area contributed by atoms with Crippen LogP contribution in [0.2, 0.25) is 0 Å². The average molecular weight is 448 g/mol. The van der Waals surface area contributed by atoms with Crippen LogP contribution in [0.5, 0.6) is 11.5 Å². The topological polar surface area (TPSA) is 72.9 Å². The average Bonchev–Trinajstić information content (AvgIpc) is 3.10. The van der Waals surface area contributed by atoms with E-state index in [0.29, 0.717) is 36.6 Å². The van der Waals surface area contributed by atoms with Crippen molar-refractivity contribution in [2.75, 3.05) is 32.3 Å². The number of hydrogen-bond acceptors (Lipinski definition) is 6. The predicted octanol–water partition coefficient (Wildman–Crippen LogP) is 3.18. The highest BCUT2D eigenvalue weighted by Crippen LogP contribution is 2.36. The Kier molecular flexibility index (Phi) is 5.97. The number of ether oxygens (including phenoxy) is 2. The van der Waals surface area contributed by atoms with Gasteiger partial charge < -0.3 is 14.4 Å². The largest absolute Gasteiger partial charge is 0.493 e. The van der Waals surface area contributed by atoms with Gasteiger partial charge >= 0.3 is 0 Å². The summed E-state index contributed by atoms with van der Waals surface area (Å²) in [4.78, 5) is 16.0. The minimum absolute atomic E-state index is 0.00255. The van der Waals surface area contributed by atoms with Gasteiger partial charge in [0.25, 0.3) is 5.91 Å². The van der Waals surface area contributed by atoms with Gasteiger partial charge in [0.15, 0.2) is 21.3 Å². The number of fused-ring (bicyclic) bond motifs is 1. The zero-order valence-corrected chi connectivity index (χ0v) is 18.7. The van der Waals surface area contributed by atoms with Gasteiger partial charge in [-0.2, -0.15) is 0 Å². The van der Waals surface area contributed by atoms with Crippen LogP contribution in [0.1, 0.15) is 27.9 Å². The first-order valence-electron chi connectivity index (χ1n) is 9.89. The first-order chi connectivity index (χ1) is 14.4. The van der Waals surface area contributed by atoms with Crippen molar-refractivity contribution in [2.24, 2.45) is 0 Å². The number of sulfone groups is 1. The molecule has 4 rings (SSSR count). The van der Waals surface area contributed by atoms with Crippen molar-refractivity contribution in [3.63, 3.8) is 0 Å². The van der Waals surface area contributed by atoms with Gasteiger partial charge in [-0.05, 0) is 48.2 Å². The number of benzene rings is 2. The van der Waals surface area contributed by atoms with Gasteiger partial charge in [-0.3, -0.25) is 4.79 Å². The molecule has 0 spiro atoms. The molecule has 2 heterocycles. The predicted molar refractivity (Wildman–Crippen MR) is 117 cm³/mol. The first-order valence-corrected chi connectivity index (χ1v) is 12.6. The number of methoxy groups -OCH3 is 2. The fourth-order valence-electron chi connectivity index (χ4n) is 4.01. The summed E-state index contributed by atoms with van der Waals surface area (Å²) in [5, 5.41) is 0.00255. The Bertz CT molecular complexity index is 1070. The maximum atomic E-state index is 13.3. The van der Waals surface area contributed by atoms with Gasteiger partial charge in [0.2, 0.25) is 0 Å². The van der Waals surface area contributed by atoms with Crippen molar-refractivity contribution < 1.29 is 22.7 Å². The Hall–Kier alpha value is -2.19. The molecule has 1 fully saturated rings. The molecule has 0 unspecified atom stereocenters. The Labute approximate surface area is 181 Å². The molecule has 2 aliphatic rings. The highest BCUT2D eigenvalue weighted by atomic mass is 32.2. The van der Waals surface area contributed by atoms with E-state index in [1.54, 1.807) is 14.2 Å². The van der Waals surface area contributed by atoms with E-state index in [0.717, 1.165) is 22.4 Å². The smallest absolute Gasteiger partial charge is 0.255 e. The first kappa shape index (κ1) is 21.1. The number of carbonyl (C=O) groups excluding carboxylic acids is 1. The quantitative estimate of drug-likeness (QED) is 0.701. The van der Waals surface area contributed by atoms with Gasteiger partial charge in [-0.25, -0.2) is 8.42 Å². The van der Waals surface area contributed by atoms with Gasteiger partial charge in [0.05, 0.1) is 31.3 Å². The lowest BCUT2D eigenvalue weighted by Gasteiger charge is -2.30. The third-order valence-electron chi connectivity index (χ3n) is 5.61. The number of rotatable bonds is 5. The second-order valence-electron chi connectivity index (χ2n) is 7.59. The van der Waals surface area contributed by atoms with E-state index in [4.69, 9.17) is 9.47 Å². The van der Waals surface area contributed by atoms with Gasteiger partial charge in [0, 0.05) is 23.2 Å². The number of carbonyl (C=O) groups is 1. The van der Waals surface area contributed by atoms with Crippen LogP contribution in [0.15, 0.2) is 41.3 Å². The van der Waals surface area contributed by atoms with E-state index in [1.807, 2.05) is 41.3 Å². The van der Waals surface area contributed by atoms with Gasteiger partial charge in [-0.15, -0.1) is 11.8 Å². The van der Waals surface area contributed by atoms with E-state index in [2.05, 4.69) is 0 Å². The molecule has 1 saturated heterocycles. The van der Waals surface area contributed by atoms with Crippen molar-refractivity contribution in [1.29, 1.82) is 0 Å². The van der Waals surface area contributed by atoms with Crippen LogP contribution in [-0.2, 0) is 22.8 Å². The number of amides is 1. The van der Waals surface area contributed by atoms with Gasteiger partial charge in [-0.1, -0.05) is 12.1 Å². The van der Waals surface area contributed by atoms with Crippen LogP contribution in [0.3, 0.4) is 0 Å². The van der Waals surface area contributed by atoms with Crippen molar-refractivity contribution >= 4 is 27.5 Å². The second kappa shape index (κ2) is 8.51. The summed E-state index contributed by atoms with van der Waals surface area (Å²) in [5.74, 6) is 1.74. The summed E-state index contributed by atoms with van der Waals surface area (Å²) in [6, 6.07) is 11.4. The Morgan fingerprint density at radius 1 is 1.10 bits per heavy atom. The Balaban J connectivity index is 1.55. The summed E-state index contributed by atoms with van der Waals surface area (Å²) >= 11 is 1.51. The SMILES string of the molecule is COc1cc2c(cc1OC)CN(C(=O)c1ccccc1S[C@H]1CCS(=O)(=O)C1)CC2. The van der Waals surface area contributed by atoms with Crippen molar-refractivity contribution in [1.82, 2.24) is 4.90 Å². The lowest BCUT2D eigenvalue weighted by Crippen LogP contribution is -2.36. The number of hydrogen-bond donors (Lipinski definition) is 0. The third kappa shape index (κ3) is 4.30. The lowest BCUT2D eigenvalue weighted by atomic mass is 9.98. The molecule has 2 aromatic carbocycles. The molecule has 30 heavy (non-hydrogen) atoms. The van der Waals surface area contributed by atoms with E-state index in [-0.39, 0.29) is 22.7 Å². The maximum absolute atomic E-state index is 13.3. The maximum Gasteiger partial charge on any atom is 0.255 e. The van der Waals surface area contributed by atoms with E-state index < -0.39 is 9.84 Å². The van der Waals surface area contributed by atoms with Crippen LogP contribution in [-0.4, -0.2) is 56.7 Å². The fraction of sp³-hybridized carbons (Fsp3) is 0.409. The molecule has 0 radical (unpaired) electrons. The molecule has 0 aliphatic carbocycles. The van der Waals surface area contributed by atoms with Crippen LogP contribution in [0.4, 0.5) is 0 Å². The molecule has 0 saturated carbocycles. The van der Waals surface area contributed by atoms with E-state index in [9.17, 15) is 13.2 Å². The molecule has 1 amide bonds. The zero-order valence-electron chi connectivity index (χ0n) is 17.1. The lowest BCUT2D eigenvalue weighted by molar-refractivity contribution is 0.0731. The second-order valence-corrected chi connectivity index (χ2v) is 11.2. The number of thioether (sulfide) groups is 1. The van der Waals surface area contributed by atoms with Crippen molar-refractivity contribution in [3.8, 4) is 11.5 Å². The fourth-order valence-corrected chi connectivity index (χ4v) is 7.63. The molecular formula is C22H25NO5S2. The summed E-state index contributed by atoms with van der Waals surface area (Å²) in [6.07, 6.45) is 1.38. The van der Waals surface area contributed by atoms with Crippen LogP contribution < -0.4 is 9.47 Å². The molecule has 6 nitrogen and oxygen atoms in total. The third-order valence-corrected chi connectivity index (χ3v) is 8.93. The van der Waals surface area contributed by atoms with Crippen LogP contribution >= 0.6 is 11.8 Å². The molecule has 2 aliphatic heterocycles. The van der Waals surface area contributed by atoms with Crippen molar-refractivity contribution in [2.45, 2.75) is 29.5 Å². The van der Waals surface area contributed by atoms with E-state index in [1.165, 1.54) is 11.8 Å². The summed E-state index contributed by atoms with van der Waals surface area (Å²) in [5.41, 5.74) is 2.85. The monoisotopic (exact) mass is 447 g/mol. The molecule has 160 valence electrons. The highest BCUT2D eigenvalue weighted by Gasteiger charge is 2.30. The summed E-state index contributed by atoms with van der Waals surface area (Å²) < 4.78 is 34.4. The molecule has 2 aromatic rings. The summed E-state index contributed by atoms with van der Waals surface area (Å²) in [7, 11) is 0.269. The zero-order chi connectivity index (χ0) is 21.3. The molecule has 0 aromatic heterocycles. The number of nitrogens with zero attached hydrogens (tertiary/aromatic N) is 1. The summed E-state index contributed by atoms with van der Waals surface area (Å²) in [6.45, 7) is 1.13. The normalized spacial score (nSPS) is 19.9. The van der Waals surface area contributed by atoms with Crippen LogP contribution in [0.25, 0.3) is 0 Å².